The van der Waals surface area contributed by atoms with Crippen molar-refractivity contribution in [1.29, 1.82) is 0 Å². The van der Waals surface area contributed by atoms with Crippen LogP contribution in [-0.4, -0.2) is 20.5 Å². The van der Waals surface area contributed by atoms with Gasteiger partial charge < -0.3 is 9.47 Å². The lowest BCUT2D eigenvalue weighted by Crippen LogP contribution is -2.14. The zero-order chi connectivity index (χ0) is 7.40. The molecule has 0 aromatic heterocycles. The standard InChI is InChI=1S/C8H14O2/c1-9-8(10-2)7-5-3-4-6-7/h5,8H,3-4,6H2,1-2H3. The summed E-state index contributed by atoms with van der Waals surface area (Å²) in [4.78, 5) is 0. The Labute approximate surface area is 61.8 Å². The van der Waals surface area contributed by atoms with Gasteiger partial charge in [0.25, 0.3) is 0 Å². The molecule has 0 fully saturated rings. The van der Waals surface area contributed by atoms with Gasteiger partial charge in [-0.15, -0.1) is 0 Å². The molecule has 0 saturated carbocycles. The molecule has 0 N–H and O–H groups in total. The summed E-state index contributed by atoms with van der Waals surface area (Å²) in [6.45, 7) is 0. The van der Waals surface area contributed by atoms with Crippen molar-refractivity contribution >= 4 is 0 Å². The van der Waals surface area contributed by atoms with Crippen LogP contribution in [0.15, 0.2) is 11.6 Å². The fraction of sp³-hybridized carbons (Fsp3) is 0.750. The van der Waals surface area contributed by atoms with Crippen LogP contribution in [0.4, 0.5) is 0 Å². The van der Waals surface area contributed by atoms with Gasteiger partial charge in [-0.25, -0.2) is 0 Å². The van der Waals surface area contributed by atoms with Crippen molar-refractivity contribution in [3.63, 3.8) is 0 Å². The molecular weight excluding hydrogens is 128 g/mol. The predicted molar refractivity (Wildman–Crippen MR) is 39.7 cm³/mol. The summed E-state index contributed by atoms with van der Waals surface area (Å²) in [5.74, 6) is 0. The van der Waals surface area contributed by atoms with Crippen molar-refractivity contribution in [3.05, 3.63) is 11.6 Å². The van der Waals surface area contributed by atoms with Crippen LogP contribution < -0.4 is 0 Å². The van der Waals surface area contributed by atoms with E-state index < -0.39 is 0 Å². The first-order chi connectivity index (χ1) is 4.88. The van der Waals surface area contributed by atoms with Crippen molar-refractivity contribution in [3.8, 4) is 0 Å². The first kappa shape index (κ1) is 7.76. The molecule has 1 rings (SSSR count). The Morgan fingerprint density at radius 3 is 2.50 bits per heavy atom. The molecule has 58 valence electrons. The minimum atomic E-state index is -0.0949. The lowest BCUT2D eigenvalue weighted by Gasteiger charge is -2.13. The molecular formula is C8H14O2. The Bertz CT molecular complexity index is 125. The third kappa shape index (κ3) is 1.58. The van der Waals surface area contributed by atoms with E-state index in [-0.39, 0.29) is 6.29 Å². The third-order valence-electron chi connectivity index (χ3n) is 1.81. The fourth-order valence-corrected chi connectivity index (χ4v) is 1.31. The molecule has 0 aromatic rings. The van der Waals surface area contributed by atoms with Gasteiger partial charge in [0.15, 0.2) is 6.29 Å². The van der Waals surface area contributed by atoms with Crippen molar-refractivity contribution in [1.82, 2.24) is 0 Å². The van der Waals surface area contributed by atoms with E-state index >= 15 is 0 Å². The number of hydrogen-bond donors (Lipinski definition) is 0. The van der Waals surface area contributed by atoms with E-state index in [2.05, 4.69) is 6.08 Å². The van der Waals surface area contributed by atoms with E-state index in [0.29, 0.717) is 0 Å². The second kappa shape index (κ2) is 3.74. The Hall–Kier alpha value is -0.340. The Kier molecular flexibility index (Phi) is 2.90. The van der Waals surface area contributed by atoms with Gasteiger partial charge in [-0.2, -0.15) is 0 Å². The summed E-state index contributed by atoms with van der Waals surface area (Å²) in [5, 5.41) is 0. The Morgan fingerprint density at radius 1 is 1.40 bits per heavy atom. The molecule has 0 saturated heterocycles. The van der Waals surface area contributed by atoms with Gasteiger partial charge in [-0.05, 0) is 24.8 Å². The molecule has 0 heterocycles. The van der Waals surface area contributed by atoms with Crippen LogP contribution >= 0.6 is 0 Å². The monoisotopic (exact) mass is 142 g/mol. The summed E-state index contributed by atoms with van der Waals surface area (Å²) in [6.07, 6.45) is 5.67. The van der Waals surface area contributed by atoms with Gasteiger partial charge in [0, 0.05) is 14.2 Å². The molecule has 1 aliphatic rings. The fourth-order valence-electron chi connectivity index (χ4n) is 1.31. The van der Waals surface area contributed by atoms with Crippen molar-refractivity contribution < 1.29 is 9.47 Å². The highest BCUT2D eigenvalue weighted by molar-refractivity contribution is 5.10. The van der Waals surface area contributed by atoms with E-state index in [1.54, 1.807) is 14.2 Å². The first-order valence-electron chi connectivity index (χ1n) is 3.63. The average Bonchev–Trinajstić information content (AvgIpc) is 2.43. The van der Waals surface area contributed by atoms with Crippen molar-refractivity contribution in [2.45, 2.75) is 25.6 Å². The van der Waals surface area contributed by atoms with E-state index in [0.717, 1.165) is 6.42 Å². The van der Waals surface area contributed by atoms with E-state index in [1.807, 2.05) is 0 Å². The summed E-state index contributed by atoms with van der Waals surface area (Å²) >= 11 is 0. The number of methoxy groups -OCH3 is 2. The zero-order valence-electron chi connectivity index (χ0n) is 6.59. The molecule has 0 radical (unpaired) electrons. The molecule has 0 atom stereocenters. The second-order valence-corrected chi connectivity index (χ2v) is 2.47. The molecule has 10 heavy (non-hydrogen) atoms. The molecule has 0 spiro atoms. The minimum Gasteiger partial charge on any atom is -0.352 e. The quantitative estimate of drug-likeness (QED) is 0.441. The van der Waals surface area contributed by atoms with Crippen LogP contribution in [0.2, 0.25) is 0 Å². The maximum atomic E-state index is 5.09. The van der Waals surface area contributed by atoms with Crippen LogP contribution in [0, 0.1) is 0 Å². The van der Waals surface area contributed by atoms with Gasteiger partial charge in [-0.3, -0.25) is 0 Å². The Balaban J connectivity index is 2.44. The van der Waals surface area contributed by atoms with E-state index in [4.69, 9.17) is 9.47 Å². The van der Waals surface area contributed by atoms with Crippen molar-refractivity contribution in [2.24, 2.45) is 0 Å². The normalized spacial score (nSPS) is 18.1. The number of rotatable bonds is 3. The number of allylic oxidation sites excluding steroid dienone is 1. The SMILES string of the molecule is COC(OC)C1=CCCC1. The van der Waals surface area contributed by atoms with Crippen LogP contribution in [0.25, 0.3) is 0 Å². The average molecular weight is 142 g/mol. The third-order valence-corrected chi connectivity index (χ3v) is 1.81. The molecule has 2 nitrogen and oxygen atoms in total. The van der Waals surface area contributed by atoms with E-state index in [9.17, 15) is 0 Å². The molecule has 0 aliphatic heterocycles. The van der Waals surface area contributed by atoms with Gasteiger partial charge in [0.2, 0.25) is 0 Å². The lowest BCUT2D eigenvalue weighted by atomic mass is 10.2. The highest BCUT2D eigenvalue weighted by Gasteiger charge is 2.14. The molecule has 0 bridgehead atoms. The van der Waals surface area contributed by atoms with Gasteiger partial charge >= 0.3 is 0 Å². The first-order valence-corrected chi connectivity index (χ1v) is 3.63. The largest absolute Gasteiger partial charge is 0.352 e. The van der Waals surface area contributed by atoms with Gasteiger partial charge in [0.1, 0.15) is 0 Å². The van der Waals surface area contributed by atoms with Crippen LogP contribution in [0.3, 0.4) is 0 Å². The maximum absolute atomic E-state index is 5.09. The maximum Gasteiger partial charge on any atom is 0.179 e. The number of hydrogen-bond acceptors (Lipinski definition) is 2. The molecule has 0 amide bonds. The van der Waals surface area contributed by atoms with Crippen LogP contribution in [0.1, 0.15) is 19.3 Å². The zero-order valence-corrected chi connectivity index (χ0v) is 6.59. The second-order valence-electron chi connectivity index (χ2n) is 2.47. The minimum absolute atomic E-state index is 0.0949. The molecule has 1 aliphatic carbocycles. The predicted octanol–water partition coefficient (Wildman–Crippen LogP) is 1.72. The smallest absolute Gasteiger partial charge is 0.179 e. The summed E-state index contributed by atoms with van der Waals surface area (Å²) in [5.41, 5.74) is 1.30. The molecule has 2 heteroatoms. The molecule has 0 aromatic carbocycles. The van der Waals surface area contributed by atoms with Crippen LogP contribution in [-0.2, 0) is 9.47 Å². The summed E-state index contributed by atoms with van der Waals surface area (Å²) in [6, 6.07) is 0. The topological polar surface area (TPSA) is 18.5 Å². The highest BCUT2D eigenvalue weighted by atomic mass is 16.7. The summed E-state index contributed by atoms with van der Waals surface area (Å²) < 4.78 is 10.2. The summed E-state index contributed by atoms with van der Waals surface area (Å²) in [7, 11) is 3.35. The van der Waals surface area contributed by atoms with Crippen molar-refractivity contribution in [2.75, 3.05) is 14.2 Å². The molecule has 0 unspecified atom stereocenters. The highest BCUT2D eigenvalue weighted by Crippen LogP contribution is 2.22. The van der Waals surface area contributed by atoms with Gasteiger partial charge in [0.05, 0.1) is 0 Å². The van der Waals surface area contributed by atoms with Crippen LogP contribution in [0.5, 0.6) is 0 Å². The van der Waals surface area contributed by atoms with E-state index in [1.165, 1.54) is 18.4 Å². The number of ether oxygens (including phenoxy) is 2. The Morgan fingerprint density at radius 2 is 2.10 bits per heavy atom. The lowest BCUT2D eigenvalue weighted by molar-refractivity contribution is -0.0760. The van der Waals surface area contributed by atoms with Gasteiger partial charge in [-0.1, -0.05) is 6.08 Å².